The highest BCUT2D eigenvalue weighted by atomic mass is 16.4. The topological polar surface area (TPSA) is 74.9 Å². The first-order valence-electron chi connectivity index (χ1n) is 7.06. The van der Waals surface area contributed by atoms with Gasteiger partial charge in [-0.05, 0) is 31.5 Å². The van der Waals surface area contributed by atoms with Crippen molar-refractivity contribution >= 4 is 11.6 Å². The van der Waals surface area contributed by atoms with Crippen LogP contribution in [0, 0.1) is 5.92 Å². The van der Waals surface area contributed by atoms with Crippen LogP contribution >= 0.6 is 0 Å². The van der Waals surface area contributed by atoms with Gasteiger partial charge >= 0.3 is 5.97 Å². The van der Waals surface area contributed by atoms with Crippen molar-refractivity contribution in [1.82, 2.24) is 14.3 Å². The van der Waals surface area contributed by atoms with Gasteiger partial charge in [-0.2, -0.15) is 0 Å². The lowest BCUT2D eigenvalue weighted by Crippen LogP contribution is -2.38. The number of hydrogen-bond donors (Lipinski definition) is 1. The number of fused-ring (bicyclic) bond motifs is 1. The molecule has 1 atom stereocenters. The van der Waals surface area contributed by atoms with Crippen LogP contribution in [0.4, 0.5) is 0 Å². The van der Waals surface area contributed by atoms with Crippen LogP contribution in [0.2, 0.25) is 0 Å². The van der Waals surface area contributed by atoms with Crippen LogP contribution in [0.15, 0.2) is 35.3 Å². The van der Waals surface area contributed by atoms with Crippen LogP contribution in [0.3, 0.4) is 0 Å². The third-order valence-electron chi connectivity index (χ3n) is 3.86. The summed E-state index contributed by atoms with van der Waals surface area (Å²) >= 11 is 0. The lowest BCUT2D eigenvalue weighted by atomic mass is 9.98. The van der Waals surface area contributed by atoms with Gasteiger partial charge in [-0.3, -0.25) is 18.9 Å². The van der Waals surface area contributed by atoms with E-state index in [0.717, 1.165) is 19.4 Å². The molecule has 2 aromatic heterocycles. The first kappa shape index (κ1) is 13.8. The Morgan fingerprint density at radius 3 is 3.10 bits per heavy atom. The predicted octanol–water partition coefficient (Wildman–Crippen LogP) is 0.991. The Morgan fingerprint density at radius 2 is 2.29 bits per heavy atom. The second-order valence-corrected chi connectivity index (χ2v) is 5.43. The van der Waals surface area contributed by atoms with Gasteiger partial charge in [-0.15, -0.1) is 0 Å². The Balaban J connectivity index is 1.81. The Labute approximate surface area is 121 Å². The smallest absolute Gasteiger partial charge is 0.307 e. The number of hydrogen-bond acceptors (Lipinski definition) is 4. The van der Waals surface area contributed by atoms with E-state index < -0.39 is 5.97 Å². The van der Waals surface area contributed by atoms with Crippen molar-refractivity contribution in [2.75, 3.05) is 13.1 Å². The molecule has 1 saturated heterocycles. The Kier molecular flexibility index (Phi) is 3.70. The summed E-state index contributed by atoms with van der Waals surface area (Å²) in [4.78, 5) is 29.6. The average Bonchev–Trinajstić information content (AvgIpc) is 2.47. The average molecular weight is 287 g/mol. The highest BCUT2D eigenvalue weighted by Gasteiger charge is 2.25. The molecule has 0 spiro atoms. The molecule has 110 valence electrons. The van der Waals surface area contributed by atoms with E-state index in [1.165, 1.54) is 10.5 Å². The zero-order valence-electron chi connectivity index (χ0n) is 11.6. The van der Waals surface area contributed by atoms with Crippen LogP contribution < -0.4 is 5.56 Å². The summed E-state index contributed by atoms with van der Waals surface area (Å²) in [6.45, 7) is 1.88. The standard InChI is InChI=1S/C15H17N3O3/c19-14-8-12(16-13-5-1-2-7-18(13)14)10-17-6-3-4-11(9-17)15(20)21/h1-2,5,7-8,11H,3-4,6,9-10H2,(H,20,21). The molecule has 21 heavy (non-hydrogen) atoms. The van der Waals surface area contributed by atoms with Crippen LogP contribution in [0.25, 0.3) is 5.65 Å². The zero-order valence-corrected chi connectivity index (χ0v) is 11.6. The minimum Gasteiger partial charge on any atom is -0.481 e. The Morgan fingerprint density at radius 1 is 1.43 bits per heavy atom. The molecule has 3 rings (SSSR count). The van der Waals surface area contributed by atoms with E-state index >= 15 is 0 Å². The molecule has 2 aromatic rings. The van der Waals surface area contributed by atoms with Gasteiger partial charge < -0.3 is 5.11 Å². The maximum absolute atomic E-state index is 12.0. The molecular weight excluding hydrogens is 270 g/mol. The Hall–Kier alpha value is -2.21. The van der Waals surface area contributed by atoms with E-state index in [2.05, 4.69) is 9.88 Å². The number of aromatic nitrogens is 2. The number of rotatable bonds is 3. The molecule has 1 aliphatic heterocycles. The normalized spacial score (nSPS) is 19.7. The number of pyridine rings is 1. The molecular formula is C15H17N3O3. The number of nitrogens with zero attached hydrogens (tertiary/aromatic N) is 3. The molecule has 0 radical (unpaired) electrons. The van der Waals surface area contributed by atoms with Crippen LogP contribution in [0.5, 0.6) is 0 Å². The Bertz CT molecular complexity index is 725. The lowest BCUT2D eigenvalue weighted by Gasteiger charge is -2.30. The van der Waals surface area contributed by atoms with Crippen LogP contribution in [-0.4, -0.2) is 38.4 Å². The maximum atomic E-state index is 12.0. The molecule has 1 fully saturated rings. The summed E-state index contributed by atoms with van der Waals surface area (Å²) in [7, 11) is 0. The fourth-order valence-electron chi connectivity index (χ4n) is 2.81. The molecule has 3 heterocycles. The summed E-state index contributed by atoms with van der Waals surface area (Å²) in [5.41, 5.74) is 1.20. The maximum Gasteiger partial charge on any atom is 0.307 e. The van der Waals surface area contributed by atoms with E-state index in [9.17, 15) is 9.59 Å². The molecule has 0 aromatic carbocycles. The first-order valence-corrected chi connectivity index (χ1v) is 7.06. The van der Waals surface area contributed by atoms with Gasteiger partial charge in [0.05, 0.1) is 11.6 Å². The van der Waals surface area contributed by atoms with Crippen LogP contribution in [-0.2, 0) is 11.3 Å². The van der Waals surface area contributed by atoms with Crippen molar-refractivity contribution < 1.29 is 9.90 Å². The van der Waals surface area contributed by atoms with E-state index in [0.29, 0.717) is 24.4 Å². The summed E-state index contributed by atoms with van der Waals surface area (Å²) in [6, 6.07) is 6.95. The van der Waals surface area contributed by atoms with Gasteiger partial charge in [0.1, 0.15) is 5.65 Å². The number of aliphatic carboxylic acids is 1. The molecule has 0 saturated carbocycles. The fourth-order valence-corrected chi connectivity index (χ4v) is 2.81. The van der Waals surface area contributed by atoms with Crippen molar-refractivity contribution in [3.8, 4) is 0 Å². The third kappa shape index (κ3) is 2.95. The molecule has 1 unspecified atom stereocenters. The van der Waals surface area contributed by atoms with Crippen molar-refractivity contribution in [3.05, 3.63) is 46.5 Å². The molecule has 0 bridgehead atoms. The zero-order chi connectivity index (χ0) is 14.8. The van der Waals surface area contributed by atoms with Gasteiger partial charge in [-0.1, -0.05) is 6.07 Å². The number of carbonyl (C=O) groups is 1. The first-order chi connectivity index (χ1) is 10.1. The van der Waals surface area contributed by atoms with Crippen LogP contribution in [0.1, 0.15) is 18.5 Å². The molecule has 6 heteroatoms. The quantitative estimate of drug-likeness (QED) is 0.911. The van der Waals surface area contributed by atoms with Crippen molar-refractivity contribution in [2.45, 2.75) is 19.4 Å². The molecule has 1 N–H and O–H groups in total. The van der Waals surface area contributed by atoms with Gasteiger partial charge in [0, 0.05) is 25.4 Å². The minimum absolute atomic E-state index is 0.109. The van der Waals surface area contributed by atoms with Gasteiger partial charge in [0.25, 0.3) is 5.56 Å². The molecule has 1 aliphatic rings. The van der Waals surface area contributed by atoms with Gasteiger partial charge in [0.2, 0.25) is 0 Å². The SMILES string of the molecule is O=C(O)C1CCCN(Cc2cc(=O)n3ccccc3n2)C1. The number of likely N-dealkylation sites (tertiary alicyclic amines) is 1. The van der Waals surface area contributed by atoms with Crippen molar-refractivity contribution in [3.63, 3.8) is 0 Å². The molecule has 0 aliphatic carbocycles. The fraction of sp³-hybridized carbons (Fsp3) is 0.400. The minimum atomic E-state index is -0.744. The predicted molar refractivity (Wildman–Crippen MR) is 77.1 cm³/mol. The van der Waals surface area contributed by atoms with E-state index in [1.54, 1.807) is 18.3 Å². The van der Waals surface area contributed by atoms with Gasteiger partial charge in [0.15, 0.2) is 0 Å². The number of piperidine rings is 1. The molecule has 0 amide bonds. The third-order valence-corrected chi connectivity index (χ3v) is 3.86. The summed E-state index contributed by atoms with van der Waals surface area (Å²) in [5.74, 6) is -1.06. The molecule has 6 nitrogen and oxygen atoms in total. The van der Waals surface area contributed by atoms with E-state index in [4.69, 9.17) is 5.11 Å². The second-order valence-electron chi connectivity index (χ2n) is 5.43. The number of carboxylic acid groups (broad SMARTS) is 1. The monoisotopic (exact) mass is 287 g/mol. The number of carboxylic acids is 1. The summed E-state index contributed by atoms with van der Waals surface area (Å²) in [5, 5.41) is 9.11. The highest BCUT2D eigenvalue weighted by Crippen LogP contribution is 2.18. The lowest BCUT2D eigenvalue weighted by molar-refractivity contribution is -0.143. The second kappa shape index (κ2) is 5.65. The largest absolute Gasteiger partial charge is 0.481 e. The summed E-state index contributed by atoms with van der Waals surface area (Å²) in [6.07, 6.45) is 3.28. The van der Waals surface area contributed by atoms with Gasteiger partial charge in [-0.25, -0.2) is 4.98 Å². The van der Waals surface area contributed by atoms with Crippen molar-refractivity contribution in [2.24, 2.45) is 5.92 Å². The van der Waals surface area contributed by atoms with E-state index in [-0.39, 0.29) is 11.5 Å². The summed E-state index contributed by atoms with van der Waals surface area (Å²) < 4.78 is 1.50. The van der Waals surface area contributed by atoms with E-state index in [1.807, 2.05) is 6.07 Å². The van der Waals surface area contributed by atoms with Crippen molar-refractivity contribution in [1.29, 1.82) is 0 Å². The highest BCUT2D eigenvalue weighted by molar-refractivity contribution is 5.70.